The molecule has 0 spiro atoms. The molecule has 0 aromatic carbocycles. The molecule has 1 fully saturated rings. The second-order valence-corrected chi connectivity index (χ2v) is 5.18. The summed E-state index contributed by atoms with van der Waals surface area (Å²) in [5.41, 5.74) is 2.34. The van der Waals surface area contributed by atoms with Gasteiger partial charge in [0.2, 0.25) is 0 Å². The van der Waals surface area contributed by atoms with Crippen LogP contribution < -0.4 is 0 Å². The second-order valence-electron chi connectivity index (χ2n) is 5.18. The molecule has 0 radical (unpaired) electrons. The summed E-state index contributed by atoms with van der Waals surface area (Å²) in [5.74, 6) is 0. The number of hydrogen-bond donors (Lipinski definition) is 1. The van der Waals surface area contributed by atoms with Crippen molar-refractivity contribution in [2.24, 2.45) is 0 Å². The summed E-state index contributed by atoms with van der Waals surface area (Å²) < 4.78 is 0. The third-order valence-electron chi connectivity index (χ3n) is 3.45. The number of hydrogen-bond acceptors (Lipinski definition) is 3. The van der Waals surface area contributed by atoms with Crippen molar-refractivity contribution >= 4 is 0 Å². The Morgan fingerprint density at radius 1 is 1.53 bits per heavy atom. The smallest absolute Gasteiger partial charge is 0.0544 e. The standard InChI is InChI=1S/C14H22N2O/c1-11-5-6-13(15-9-11)10-16-7-3-4-14(16)8-12(2)17/h5-6,9,12,14,17H,3-4,7-8,10H2,1-2H3. The highest BCUT2D eigenvalue weighted by Crippen LogP contribution is 2.23. The highest BCUT2D eigenvalue weighted by atomic mass is 16.3. The van der Waals surface area contributed by atoms with E-state index in [1.807, 2.05) is 13.1 Å². The van der Waals surface area contributed by atoms with Gasteiger partial charge in [0.25, 0.3) is 0 Å². The van der Waals surface area contributed by atoms with Crippen LogP contribution in [0.2, 0.25) is 0 Å². The van der Waals surface area contributed by atoms with Gasteiger partial charge in [-0.3, -0.25) is 9.88 Å². The van der Waals surface area contributed by atoms with Gasteiger partial charge in [-0.05, 0) is 51.3 Å². The van der Waals surface area contributed by atoms with Crippen molar-refractivity contribution < 1.29 is 5.11 Å². The molecule has 0 saturated carbocycles. The molecule has 1 aromatic rings. The monoisotopic (exact) mass is 234 g/mol. The van der Waals surface area contributed by atoms with E-state index in [0.29, 0.717) is 6.04 Å². The summed E-state index contributed by atoms with van der Waals surface area (Å²) in [4.78, 5) is 6.90. The maximum absolute atomic E-state index is 9.49. The van der Waals surface area contributed by atoms with Gasteiger partial charge in [0.05, 0.1) is 11.8 Å². The van der Waals surface area contributed by atoms with Crippen LogP contribution >= 0.6 is 0 Å². The SMILES string of the molecule is Cc1ccc(CN2CCCC2CC(C)O)nc1. The molecule has 94 valence electrons. The van der Waals surface area contributed by atoms with Gasteiger partial charge < -0.3 is 5.11 Å². The molecule has 1 saturated heterocycles. The quantitative estimate of drug-likeness (QED) is 0.867. The average Bonchev–Trinajstić information content (AvgIpc) is 2.68. The van der Waals surface area contributed by atoms with E-state index >= 15 is 0 Å². The lowest BCUT2D eigenvalue weighted by atomic mass is 10.1. The molecule has 2 unspecified atom stereocenters. The third kappa shape index (κ3) is 3.51. The first-order valence-electron chi connectivity index (χ1n) is 6.49. The zero-order chi connectivity index (χ0) is 12.3. The van der Waals surface area contributed by atoms with Crippen LogP contribution in [0.15, 0.2) is 18.3 Å². The van der Waals surface area contributed by atoms with Crippen LogP contribution in [0.1, 0.15) is 37.4 Å². The van der Waals surface area contributed by atoms with Gasteiger partial charge in [0, 0.05) is 18.8 Å². The fourth-order valence-corrected chi connectivity index (χ4v) is 2.56. The van der Waals surface area contributed by atoms with E-state index in [4.69, 9.17) is 0 Å². The summed E-state index contributed by atoms with van der Waals surface area (Å²) in [5, 5.41) is 9.49. The number of aromatic nitrogens is 1. The molecule has 0 amide bonds. The van der Waals surface area contributed by atoms with E-state index in [2.05, 4.69) is 28.9 Å². The van der Waals surface area contributed by atoms with Crippen LogP contribution in [0, 0.1) is 6.92 Å². The zero-order valence-electron chi connectivity index (χ0n) is 10.8. The van der Waals surface area contributed by atoms with Gasteiger partial charge in [-0.25, -0.2) is 0 Å². The number of aliphatic hydroxyl groups is 1. The minimum absolute atomic E-state index is 0.202. The fraction of sp³-hybridized carbons (Fsp3) is 0.643. The van der Waals surface area contributed by atoms with Gasteiger partial charge in [-0.1, -0.05) is 6.07 Å². The first-order valence-corrected chi connectivity index (χ1v) is 6.49. The number of aryl methyl sites for hydroxylation is 1. The van der Waals surface area contributed by atoms with Gasteiger partial charge in [0.15, 0.2) is 0 Å². The van der Waals surface area contributed by atoms with Crippen LogP contribution in [0.4, 0.5) is 0 Å². The molecule has 0 aliphatic carbocycles. The van der Waals surface area contributed by atoms with E-state index < -0.39 is 0 Å². The minimum Gasteiger partial charge on any atom is -0.393 e. The molecule has 3 nitrogen and oxygen atoms in total. The Balaban J connectivity index is 1.95. The summed E-state index contributed by atoms with van der Waals surface area (Å²) in [6, 6.07) is 4.74. The fourth-order valence-electron chi connectivity index (χ4n) is 2.56. The molecule has 17 heavy (non-hydrogen) atoms. The predicted octanol–water partition coefficient (Wildman–Crippen LogP) is 2.13. The third-order valence-corrected chi connectivity index (χ3v) is 3.45. The van der Waals surface area contributed by atoms with Crippen LogP contribution in [0.5, 0.6) is 0 Å². The molecule has 3 heteroatoms. The van der Waals surface area contributed by atoms with Gasteiger partial charge in [-0.2, -0.15) is 0 Å². The molecule has 1 N–H and O–H groups in total. The van der Waals surface area contributed by atoms with E-state index in [1.54, 1.807) is 0 Å². The topological polar surface area (TPSA) is 36.4 Å². The highest BCUT2D eigenvalue weighted by Gasteiger charge is 2.25. The number of nitrogens with zero attached hydrogens (tertiary/aromatic N) is 2. The lowest BCUT2D eigenvalue weighted by molar-refractivity contribution is 0.130. The first kappa shape index (κ1) is 12.5. The Labute approximate surface area is 103 Å². The Bertz CT molecular complexity index is 348. The Hall–Kier alpha value is -0.930. The normalized spacial score (nSPS) is 22.9. The summed E-state index contributed by atoms with van der Waals surface area (Å²) in [6.07, 6.45) is 5.05. The molecule has 1 aromatic heterocycles. The average molecular weight is 234 g/mol. The Kier molecular flexibility index (Phi) is 4.13. The Morgan fingerprint density at radius 2 is 2.35 bits per heavy atom. The second kappa shape index (κ2) is 5.61. The lowest BCUT2D eigenvalue weighted by Gasteiger charge is -2.25. The number of rotatable bonds is 4. The van der Waals surface area contributed by atoms with Crippen LogP contribution in [-0.4, -0.2) is 33.7 Å². The van der Waals surface area contributed by atoms with Crippen molar-refractivity contribution in [3.63, 3.8) is 0 Å². The molecular formula is C14H22N2O. The van der Waals surface area contributed by atoms with Gasteiger partial charge in [0.1, 0.15) is 0 Å². The maximum atomic E-state index is 9.49. The largest absolute Gasteiger partial charge is 0.393 e. The number of likely N-dealkylation sites (tertiary alicyclic amines) is 1. The van der Waals surface area contributed by atoms with Crippen molar-refractivity contribution in [2.45, 2.75) is 51.8 Å². The summed E-state index contributed by atoms with van der Waals surface area (Å²) in [6.45, 7) is 5.98. The van der Waals surface area contributed by atoms with E-state index in [1.165, 1.54) is 18.4 Å². The first-order chi connectivity index (χ1) is 8.15. The predicted molar refractivity (Wildman–Crippen MR) is 68.7 cm³/mol. The zero-order valence-corrected chi connectivity index (χ0v) is 10.8. The van der Waals surface area contributed by atoms with Crippen LogP contribution in [0.3, 0.4) is 0 Å². The van der Waals surface area contributed by atoms with Gasteiger partial charge >= 0.3 is 0 Å². The van der Waals surface area contributed by atoms with Crippen molar-refractivity contribution in [3.05, 3.63) is 29.6 Å². The molecule has 2 atom stereocenters. The van der Waals surface area contributed by atoms with Crippen molar-refractivity contribution in [2.75, 3.05) is 6.54 Å². The summed E-state index contributed by atoms with van der Waals surface area (Å²) >= 11 is 0. The van der Waals surface area contributed by atoms with Gasteiger partial charge in [-0.15, -0.1) is 0 Å². The number of aliphatic hydroxyl groups excluding tert-OH is 1. The van der Waals surface area contributed by atoms with E-state index in [9.17, 15) is 5.11 Å². The van der Waals surface area contributed by atoms with Crippen LogP contribution in [0.25, 0.3) is 0 Å². The minimum atomic E-state index is -0.202. The maximum Gasteiger partial charge on any atom is 0.0544 e. The van der Waals surface area contributed by atoms with Crippen molar-refractivity contribution in [1.29, 1.82) is 0 Å². The van der Waals surface area contributed by atoms with E-state index in [-0.39, 0.29) is 6.10 Å². The molecule has 0 bridgehead atoms. The molecule has 2 heterocycles. The molecule has 1 aliphatic heterocycles. The molecular weight excluding hydrogens is 212 g/mol. The summed E-state index contributed by atoms with van der Waals surface area (Å²) in [7, 11) is 0. The molecule has 1 aliphatic rings. The lowest BCUT2D eigenvalue weighted by Crippen LogP contribution is -2.31. The number of pyridine rings is 1. The highest BCUT2D eigenvalue weighted by molar-refractivity contribution is 5.12. The van der Waals surface area contributed by atoms with Crippen LogP contribution in [-0.2, 0) is 6.54 Å². The van der Waals surface area contributed by atoms with Crippen molar-refractivity contribution in [3.8, 4) is 0 Å². The van der Waals surface area contributed by atoms with E-state index in [0.717, 1.165) is 25.2 Å². The Morgan fingerprint density at radius 3 is 3.00 bits per heavy atom. The van der Waals surface area contributed by atoms with Crippen molar-refractivity contribution in [1.82, 2.24) is 9.88 Å². The molecule has 2 rings (SSSR count).